The highest BCUT2D eigenvalue weighted by atomic mass is 14.4. The third kappa shape index (κ3) is 2.50. The molecule has 0 fully saturated rings. The Balaban J connectivity index is 2.15. The first-order chi connectivity index (χ1) is 15.8. The van der Waals surface area contributed by atoms with E-state index in [2.05, 4.69) is 90.0 Å². The molecule has 0 bridgehead atoms. The zero-order valence-electron chi connectivity index (χ0n) is 23.6. The molecule has 0 heterocycles. The van der Waals surface area contributed by atoms with Gasteiger partial charge in [0, 0.05) is 5.92 Å². The summed E-state index contributed by atoms with van der Waals surface area (Å²) in [6.07, 6.45) is 0. The van der Waals surface area contributed by atoms with Crippen molar-refractivity contribution in [3.63, 3.8) is 0 Å². The molecule has 4 aromatic carbocycles. The normalized spacial score (nSPS) is 14.9. The maximum atomic E-state index is 2.46. The third-order valence-corrected chi connectivity index (χ3v) is 10.2. The zero-order valence-corrected chi connectivity index (χ0v) is 23.6. The molecule has 0 heteroatoms. The van der Waals surface area contributed by atoms with E-state index in [-0.39, 0.29) is 0 Å². The fraction of sp³-hybridized carbons (Fsp3) is 0.412. The Labute approximate surface area is 206 Å². The van der Waals surface area contributed by atoms with E-state index in [0.717, 1.165) is 0 Å². The number of aryl methyl sites for hydroxylation is 6. The minimum absolute atomic E-state index is 0.399. The van der Waals surface area contributed by atoms with Crippen LogP contribution in [0.1, 0.15) is 90.7 Å². The average molecular weight is 449 g/mol. The van der Waals surface area contributed by atoms with E-state index in [0.29, 0.717) is 5.92 Å². The molecule has 4 aromatic rings. The van der Waals surface area contributed by atoms with Crippen LogP contribution in [0.15, 0.2) is 0 Å². The van der Waals surface area contributed by atoms with Gasteiger partial charge < -0.3 is 0 Å². The van der Waals surface area contributed by atoms with Crippen molar-refractivity contribution in [1.82, 2.24) is 0 Å². The summed E-state index contributed by atoms with van der Waals surface area (Å²) < 4.78 is 0. The van der Waals surface area contributed by atoms with Gasteiger partial charge in [0.25, 0.3) is 0 Å². The molecule has 34 heavy (non-hydrogen) atoms. The maximum Gasteiger partial charge on any atom is 0.00826 e. The number of rotatable bonds is 0. The van der Waals surface area contributed by atoms with Crippen molar-refractivity contribution in [3.05, 3.63) is 77.9 Å². The standard InChI is InChI=1S/C34H40/c1-14-16(3)20(7)30-27(18(14)5)24(11)25(12)32-33(30)26(13)29-23(10)22(9)28-19(6)15(2)17(4)21(8)31(28)34(29)32/h26H,1-13H3. The molecule has 1 aliphatic rings. The van der Waals surface area contributed by atoms with Gasteiger partial charge in [-0.05, 0) is 194 Å². The SMILES string of the molecule is Cc1c(C)c(C)c2c3c(c(C)c(C)c2c1C)C(C)c1c-3c(C)c(C)c2c(C)c(C)c(C)c(C)c12. The Hall–Kier alpha value is -2.60. The van der Waals surface area contributed by atoms with Crippen molar-refractivity contribution in [2.75, 3.05) is 0 Å². The molecule has 1 atom stereocenters. The van der Waals surface area contributed by atoms with Crippen LogP contribution in [-0.2, 0) is 0 Å². The number of benzene rings is 4. The lowest BCUT2D eigenvalue weighted by Gasteiger charge is -2.23. The second-order valence-electron chi connectivity index (χ2n) is 11.3. The van der Waals surface area contributed by atoms with Gasteiger partial charge in [0.05, 0.1) is 0 Å². The molecule has 0 N–H and O–H groups in total. The molecule has 0 saturated carbocycles. The first-order valence-electron chi connectivity index (χ1n) is 12.9. The summed E-state index contributed by atoms with van der Waals surface area (Å²) in [4.78, 5) is 0. The predicted octanol–water partition coefficient (Wildman–Crippen LogP) is 9.83. The van der Waals surface area contributed by atoms with Gasteiger partial charge in [-0.2, -0.15) is 0 Å². The minimum Gasteiger partial charge on any atom is -0.0542 e. The Kier molecular flexibility index (Phi) is 4.91. The molecule has 0 spiro atoms. The fourth-order valence-corrected chi connectivity index (χ4v) is 7.33. The van der Waals surface area contributed by atoms with Crippen molar-refractivity contribution in [2.45, 2.75) is 95.9 Å². The molecule has 176 valence electrons. The van der Waals surface area contributed by atoms with E-state index < -0.39 is 0 Å². The van der Waals surface area contributed by atoms with Gasteiger partial charge in [-0.1, -0.05) is 6.92 Å². The topological polar surface area (TPSA) is 0 Å². The van der Waals surface area contributed by atoms with Crippen molar-refractivity contribution < 1.29 is 0 Å². The molecular weight excluding hydrogens is 408 g/mol. The van der Waals surface area contributed by atoms with E-state index in [9.17, 15) is 0 Å². The van der Waals surface area contributed by atoms with Crippen molar-refractivity contribution >= 4 is 21.5 Å². The quantitative estimate of drug-likeness (QED) is 0.251. The van der Waals surface area contributed by atoms with Crippen molar-refractivity contribution in [2.24, 2.45) is 0 Å². The van der Waals surface area contributed by atoms with Gasteiger partial charge in [0.2, 0.25) is 0 Å². The van der Waals surface area contributed by atoms with Crippen LogP contribution in [0.25, 0.3) is 32.7 Å². The minimum atomic E-state index is 0.399. The smallest absolute Gasteiger partial charge is 0.00826 e. The van der Waals surface area contributed by atoms with Crippen molar-refractivity contribution in [3.8, 4) is 11.1 Å². The van der Waals surface area contributed by atoms with E-state index in [1.807, 2.05) is 0 Å². The summed E-state index contributed by atoms with van der Waals surface area (Å²) in [6, 6.07) is 0. The van der Waals surface area contributed by atoms with Gasteiger partial charge in [0.15, 0.2) is 0 Å². The van der Waals surface area contributed by atoms with E-state index in [4.69, 9.17) is 0 Å². The van der Waals surface area contributed by atoms with Crippen LogP contribution in [0.2, 0.25) is 0 Å². The van der Waals surface area contributed by atoms with Crippen LogP contribution in [0.4, 0.5) is 0 Å². The molecule has 0 aliphatic heterocycles. The second-order valence-corrected chi connectivity index (χ2v) is 11.3. The van der Waals surface area contributed by atoms with Crippen LogP contribution in [0.5, 0.6) is 0 Å². The summed E-state index contributed by atoms with van der Waals surface area (Å²) >= 11 is 0. The molecular formula is C34H40. The molecule has 1 aliphatic carbocycles. The summed E-state index contributed by atoms with van der Waals surface area (Å²) in [5.41, 5.74) is 23.7. The molecule has 0 saturated heterocycles. The molecule has 1 unspecified atom stereocenters. The Morgan fingerprint density at radius 3 is 1.15 bits per heavy atom. The first kappa shape index (κ1) is 23.2. The highest BCUT2D eigenvalue weighted by molar-refractivity contribution is 6.13. The Morgan fingerprint density at radius 2 is 0.647 bits per heavy atom. The van der Waals surface area contributed by atoms with Crippen LogP contribution < -0.4 is 0 Å². The number of hydrogen-bond acceptors (Lipinski definition) is 0. The van der Waals surface area contributed by atoms with E-state index in [1.165, 1.54) is 99.4 Å². The maximum absolute atomic E-state index is 2.46. The van der Waals surface area contributed by atoms with Crippen LogP contribution in [0, 0.1) is 83.1 Å². The largest absolute Gasteiger partial charge is 0.0542 e. The number of hydrogen-bond donors (Lipinski definition) is 0. The molecule has 0 radical (unpaired) electrons. The lowest BCUT2D eigenvalue weighted by molar-refractivity contribution is 0.948. The second kappa shape index (κ2) is 7.20. The highest BCUT2D eigenvalue weighted by Gasteiger charge is 2.36. The predicted molar refractivity (Wildman–Crippen MR) is 151 cm³/mol. The monoisotopic (exact) mass is 448 g/mol. The van der Waals surface area contributed by atoms with Crippen LogP contribution in [-0.4, -0.2) is 0 Å². The average Bonchev–Trinajstić information content (AvgIpc) is 3.10. The van der Waals surface area contributed by atoms with Gasteiger partial charge in [0.1, 0.15) is 0 Å². The summed E-state index contributed by atoms with van der Waals surface area (Å²) in [6.45, 7) is 30.5. The Bertz CT molecular complexity index is 1610. The molecule has 0 aromatic heterocycles. The lowest BCUT2D eigenvalue weighted by atomic mass is 9.80. The van der Waals surface area contributed by atoms with E-state index in [1.54, 1.807) is 11.1 Å². The summed E-state index contributed by atoms with van der Waals surface area (Å²) in [5.74, 6) is 0.399. The zero-order chi connectivity index (χ0) is 25.1. The van der Waals surface area contributed by atoms with E-state index >= 15 is 0 Å². The van der Waals surface area contributed by atoms with Gasteiger partial charge in [-0.25, -0.2) is 0 Å². The highest BCUT2D eigenvalue weighted by Crippen LogP contribution is 2.57. The molecule has 0 nitrogen and oxygen atoms in total. The molecule has 5 rings (SSSR count). The summed E-state index contributed by atoms with van der Waals surface area (Å²) in [7, 11) is 0. The third-order valence-electron chi connectivity index (χ3n) is 10.2. The lowest BCUT2D eigenvalue weighted by Crippen LogP contribution is -2.03. The van der Waals surface area contributed by atoms with Gasteiger partial charge in [-0.15, -0.1) is 0 Å². The van der Waals surface area contributed by atoms with Gasteiger partial charge >= 0.3 is 0 Å². The fourth-order valence-electron chi connectivity index (χ4n) is 7.33. The van der Waals surface area contributed by atoms with Crippen molar-refractivity contribution in [1.29, 1.82) is 0 Å². The summed E-state index contributed by atoms with van der Waals surface area (Å²) in [5, 5.41) is 6.01. The Morgan fingerprint density at radius 1 is 0.294 bits per heavy atom. The van der Waals surface area contributed by atoms with Crippen LogP contribution >= 0.6 is 0 Å². The first-order valence-corrected chi connectivity index (χ1v) is 12.9. The van der Waals surface area contributed by atoms with Crippen LogP contribution in [0.3, 0.4) is 0 Å². The molecule has 0 amide bonds. The number of fused-ring (bicyclic) bond motifs is 7. The van der Waals surface area contributed by atoms with Gasteiger partial charge in [-0.3, -0.25) is 0 Å².